The molecule has 1 aromatic carbocycles. The van der Waals surface area contributed by atoms with E-state index in [-0.39, 0.29) is 17.9 Å². The molecule has 0 bridgehead atoms. The molecule has 3 aromatic rings. The summed E-state index contributed by atoms with van der Waals surface area (Å²) in [5.74, 6) is 0.103. The summed E-state index contributed by atoms with van der Waals surface area (Å²) >= 11 is 0. The number of amides is 2. The average molecular weight is 408 g/mol. The van der Waals surface area contributed by atoms with E-state index < -0.39 is 0 Å². The Hall–Kier alpha value is -3.22. The van der Waals surface area contributed by atoms with E-state index in [1.807, 2.05) is 69.6 Å². The van der Waals surface area contributed by atoms with E-state index in [2.05, 4.69) is 20.7 Å². The fraction of sp³-hybridized carbons (Fsp3) is 0.391. The van der Waals surface area contributed by atoms with Crippen LogP contribution in [0.1, 0.15) is 61.8 Å². The molecular formula is C23H29N5O2. The van der Waals surface area contributed by atoms with Crippen molar-refractivity contribution in [2.75, 3.05) is 5.32 Å². The van der Waals surface area contributed by atoms with E-state index in [0.717, 1.165) is 22.3 Å². The van der Waals surface area contributed by atoms with E-state index in [0.29, 0.717) is 30.1 Å². The third-order valence-electron chi connectivity index (χ3n) is 4.75. The van der Waals surface area contributed by atoms with Gasteiger partial charge < -0.3 is 10.6 Å². The molecule has 0 aliphatic rings. The van der Waals surface area contributed by atoms with Crippen molar-refractivity contribution >= 4 is 28.5 Å². The summed E-state index contributed by atoms with van der Waals surface area (Å²) in [5, 5.41) is 11.1. The minimum absolute atomic E-state index is 0.0110. The van der Waals surface area contributed by atoms with Crippen molar-refractivity contribution in [2.45, 2.75) is 53.6 Å². The summed E-state index contributed by atoms with van der Waals surface area (Å²) in [7, 11) is 0. The van der Waals surface area contributed by atoms with Crippen molar-refractivity contribution in [2.24, 2.45) is 5.92 Å². The van der Waals surface area contributed by atoms with Crippen LogP contribution in [0.5, 0.6) is 0 Å². The molecule has 0 fully saturated rings. The second-order valence-electron chi connectivity index (χ2n) is 8.25. The van der Waals surface area contributed by atoms with Crippen molar-refractivity contribution in [3.63, 3.8) is 0 Å². The molecule has 0 saturated carbocycles. The molecule has 3 rings (SSSR count). The Morgan fingerprint density at radius 2 is 1.90 bits per heavy atom. The lowest BCUT2D eigenvalue weighted by atomic mass is 10.1. The Labute approximate surface area is 176 Å². The summed E-state index contributed by atoms with van der Waals surface area (Å²) in [6.07, 6.45) is 2.21. The molecule has 2 amide bonds. The number of pyridine rings is 1. The lowest BCUT2D eigenvalue weighted by Crippen LogP contribution is -2.24. The van der Waals surface area contributed by atoms with Gasteiger partial charge in [-0.15, -0.1) is 0 Å². The van der Waals surface area contributed by atoms with Crippen molar-refractivity contribution in [3.05, 3.63) is 53.3 Å². The van der Waals surface area contributed by atoms with Crippen LogP contribution in [0.4, 0.5) is 5.69 Å². The van der Waals surface area contributed by atoms with Crippen LogP contribution in [-0.4, -0.2) is 26.6 Å². The second-order valence-corrected chi connectivity index (χ2v) is 8.25. The summed E-state index contributed by atoms with van der Waals surface area (Å²) < 4.78 is 1.85. The van der Waals surface area contributed by atoms with Gasteiger partial charge in [0.05, 0.1) is 17.5 Å². The maximum Gasteiger partial charge on any atom is 0.253 e. The smallest absolute Gasteiger partial charge is 0.253 e. The lowest BCUT2D eigenvalue weighted by Gasteiger charge is -2.11. The van der Waals surface area contributed by atoms with Gasteiger partial charge >= 0.3 is 0 Å². The Balaban J connectivity index is 1.69. The number of fused-ring (bicyclic) bond motifs is 1. The lowest BCUT2D eigenvalue weighted by molar-refractivity contribution is -0.116. The van der Waals surface area contributed by atoms with Gasteiger partial charge in [-0.3, -0.25) is 9.59 Å². The van der Waals surface area contributed by atoms with E-state index in [9.17, 15) is 9.59 Å². The van der Waals surface area contributed by atoms with Crippen LogP contribution in [0.2, 0.25) is 0 Å². The summed E-state index contributed by atoms with van der Waals surface area (Å²) in [6, 6.07) is 9.53. The molecule has 7 heteroatoms. The molecule has 7 nitrogen and oxygen atoms in total. The van der Waals surface area contributed by atoms with Crippen LogP contribution in [0, 0.1) is 12.8 Å². The van der Waals surface area contributed by atoms with Gasteiger partial charge in [-0.1, -0.05) is 26.0 Å². The Kier molecular flexibility index (Phi) is 6.50. The first-order valence-electron chi connectivity index (χ1n) is 10.3. The van der Waals surface area contributed by atoms with Crippen molar-refractivity contribution in [1.82, 2.24) is 20.1 Å². The number of rotatable bonds is 7. The zero-order chi connectivity index (χ0) is 21.8. The molecular weight excluding hydrogens is 378 g/mol. The van der Waals surface area contributed by atoms with Gasteiger partial charge in [0.1, 0.15) is 0 Å². The summed E-state index contributed by atoms with van der Waals surface area (Å²) in [5.41, 5.74) is 3.62. The van der Waals surface area contributed by atoms with E-state index >= 15 is 0 Å². The minimum atomic E-state index is -0.187. The summed E-state index contributed by atoms with van der Waals surface area (Å²) in [4.78, 5) is 29.3. The molecule has 0 unspecified atom stereocenters. The average Bonchev–Trinajstić information content (AvgIpc) is 3.08. The highest BCUT2D eigenvalue weighted by Gasteiger charge is 2.15. The SMILES string of the molecule is Cc1nc2c(cnn2C(C)C)cc1C(=O)NCc1cccc(NC(=O)CC(C)C)c1. The normalized spacial score (nSPS) is 11.3. The number of anilines is 1. The van der Waals surface area contributed by atoms with Crippen molar-refractivity contribution in [3.8, 4) is 0 Å². The highest BCUT2D eigenvalue weighted by atomic mass is 16.2. The van der Waals surface area contributed by atoms with Crippen LogP contribution in [0.25, 0.3) is 11.0 Å². The molecule has 2 heterocycles. The van der Waals surface area contributed by atoms with Crippen LogP contribution < -0.4 is 10.6 Å². The number of hydrogen-bond acceptors (Lipinski definition) is 4. The standard InChI is InChI=1S/C23H29N5O2/c1-14(2)9-21(29)27-19-8-6-7-17(10-19)12-24-23(30)20-11-18-13-25-28(15(3)4)22(18)26-16(20)5/h6-8,10-11,13-15H,9,12H2,1-5H3,(H,24,30)(H,27,29). The first-order valence-corrected chi connectivity index (χ1v) is 10.3. The third-order valence-corrected chi connectivity index (χ3v) is 4.75. The van der Waals surface area contributed by atoms with E-state index in [4.69, 9.17) is 0 Å². The largest absolute Gasteiger partial charge is 0.348 e. The van der Waals surface area contributed by atoms with Gasteiger partial charge in [0.2, 0.25) is 5.91 Å². The second kappa shape index (κ2) is 9.07. The van der Waals surface area contributed by atoms with Crippen LogP contribution >= 0.6 is 0 Å². The Morgan fingerprint density at radius 1 is 1.13 bits per heavy atom. The first kappa shape index (κ1) is 21.5. The molecule has 30 heavy (non-hydrogen) atoms. The number of nitrogens with one attached hydrogen (secondary N) is 2. The third kappa shape index (κ3) is 5.03. The maximum atomic E-state index is 12.8. The number of hydrogen-bond donors (Lipinski definition) is 2. The number of aryl methyl sites for hydroxylation is 1. The highest BCUT2D eigenvalue weighted by molar-refractivity contribution is 5.98. The van der Waals surface area contributed by atoms with Gasteiger partial charge in [0.15, 0.2) is 5.65 Å². The zero-order valence-corrected chi connectivity index (χ0v) is 18.2. The van der Waals surface area contributed by atoms with Gasteiger partial charge in [-0.05, 0) is 50.5 Å². The van der Waals surface area contributed by atoms with E-state index in [1.165, 1.54) is 0 Å². The maximum absolute atomic E-state index is 12.8. The molecule has 0 radical (unpaired) electrons. The van der Waals surface area contributed by atoms with Crippen molar-refractivity contribution in [1.29, 1.82) is 0 Å². The fourth-order valence-corrected chi connectivity index (χ4v) is 3.29. The Bertz CT molecular complexity index is 1070. The minimum Gasteiger partial charge on any atom is -0.348 e. The monoisotopic (exact) mass is 407 g/mol. The Morgan fingerprint density at radius 3 is 2.60 bits per heavy atom. The molecule has 2 aromatic heterocycles. The highest BCUT2D eigenvalue weighted by Crippen LogP contribution is 2.19. The molecule has 0 aliphatic heterocycles. The van der Waals surface area contributed by atoms with E-state index in [1.54, 1.807) is 6.20 Å². The fourth-order valence-electron chi connectivity index (χ4n) is 3.29. The quantitative estimate of drug-likeness (QED) is 0.613. The molecule has 0 saturated heterocycles. The predicted octanol–water partition coefficient (Wildman–Crippen LogP) is 4.24. The number of benzene rings is 1. The zero-order valence-electron chi connectivity index (χ0n) is 18.2. The van der Waals surface area contributed by atoms with Gasteiger partial charge in [-0.25, -0.2) is 9.67 Å². The summed E-state index contributed by atoms with van der Waals surface area (Å²) in [6.45, 7) is 10.3. The number of nitrogens with zero attached hydrogens (tertiary/aromatic N) is 3. The first-order chi connectivity index (χ1) is 14.2. The number of carbonyl (C=O) groups excluding carboxylic acids is 2. The molecule has 0 atom stereocenters. The molecule has 0 aliphatic carbocycles. The molecule has 2 N–H and O–H groups in total. The van der Waals surface area contributed by atoms with Gasteiger partial charge in [-0.2, -0.15) is 5.10 Å². The van der Waals surface area contributed by atoms with Crippen LogP contribution in [0.15, 0.2) is 36.5 Å². The number of aromatic nitrogens is 3. The molecule has 0 spiro atoms. The van der Waals surface area contributed by atoms with Gasteiger partial charge in [0.25, 0.3) is 5.91 Å². The number of carbonyl (C=O) groups is 2. The van der Waals surface area contributed by atoms with Crippen LogP contribution in [-0.2, 0) is 11.3 Å². The van der Waals surface area contributed by atoms with Crippen molar-refractivity contribution < 1.29 is 9.59 Å². The van der Waals surface area contributed by atoms with Crippen LogP contribution in [0.3, 0.4) is 0 Å². The predicted molar refractivity (Wildman–Crippen MR) is 118 cm³/mol. The topological polar surface area (TPSA) is 88.9 Å². The van der Waals surface area contributed by atoms with Gasteiger partial charge in [0, 0.05) is 30.1 Å². The molecule has 158 valence electrons.